The first-order valence-electron chi connectivity index (χ1n) is 8.83. The monoisotopic (exact) mass is 316 g/mol. The van der Waals surface area contributed by atoms with Crippen LogP contribution in [0.3, 0.4) is 0 Å². The molecule has 0 saturated carbocycles. The molecule has 2 aliphatic heterocycles. The van der Waals surface area contributed by atoms with Gasteiger partial charge in [-0.2, -0.15) is 0 Å². The van der Waals surface area contributed by atoms with Crippen LogP contribution >= 0.6 is 0 Å². The average Bonchev–Trinajstić information content (AvgIpc) is 3.03. The topological polar surface area (TPSA) is 32.8 Å². The Morgan fingerprint density at radius 3 is 3.04 bits per heavy atom. The zero-order valence-corrected chi connectivity index (χ0v) is 14.3. The zero-order chi connectivity index (χ0) is 16.2. The van der Waals surface area contributed by atoms with Crippen molar-refractivity contribution in [1.29, 1.82) is 0 Å². The molecule has 4 heteroatoms. The van der Waals surface area contributed by atoms with Gasteiger partial charge in [-0.05, 0) is 43.5 Å². The van der Waals surface area contributed by atoms with Crippen LogP contribution in [0.15, 0.2) is 24.3 Å². The minimum absolute atomic E-state index is 0.0650. The predicted octanol–water partition coefficient (Wildman–Crippen LogP) is 2.49. The van der Waals surface area contributed by atoms with Crippen LogP contribution in [0, 0.1) is 5.92 Å². The third kappa shape index (κ3) is 3.93. The molecule has 23 heavy (non-hydrogen) atoms. The van der Waals surface area contributed by atoms with E-state index in [-0.39, 0.29) is 12.0 Å². The number of rotatable bonds is 5. The smallest absolute Gasteiger partial charge is 0.225 e. The Morgan fingerprint density at radius 1 is 1.39 bits per heavy atom. The zero-order valence-electron chi connectivity index (χ0n) is 14.3. The van der Waals surface area contributed by atoms with Crippen LogP contribution < -0.4 is 0 Å². The van der Waals surface area contributed by atoms with Gasteiger partial charge in [0.2, 0.25) is 5.91 Å². The van der Waals surface area contributed by atoms with E-state index >= 15 is 0 Å². The van der Waals surface area contributed by atoms with Crippen molar-refractivity contribution in [3.05, 3.63) is 35.4 Å². The lowest BCUT2D eigenvalue weighted by Gasteiger charge is -2.27. The number of carbonyl (C=O) groups is 1. The number of ether oxygens (including phenoxy) is 1. The Bertz CT molecular complexity index is 546. The second kappa shape index (κ2) is 7.45. The standard InChI is InChI=1S/C19H28N2O2/c1-3-20(2)13-15-8-10-21(14-15)19(22)12-18-17-7-5-4-6-16(17)9-11-23-18/h4-7,15,18H,3,8-14H2,1-2H3/t15-,18-/m0/s1. The van der Waals surface area contributed by atoms with Crippen LogP contribution in [0.5, 0.6) is 0 Å². The summed E-state index contributed by atoms with van der Waals surface area (Å²) in [5, 5.41) is 0. The molecule has 1 amide bonds. The molecule has 1 aromatic carbocycles. The van der Waals surface area contributed by atoms with Crippen molar-refractivity contribution < 1.29 is 9.53 Å². The van der Waals surface area contributed by atoms with Crippen molar-refractivity contribution in [1.82, 2.24) is 9.80 Å². The molecule has 4 nitrogen and oxygen atoms in total. The first-order chi connectivity index (χ1) is 11.2. The second-order valence-electron chi connectivity index (χ2n) is 6.86. The largest absolute Gasteiger partial charge is 0.373 e. The maximum absolute atomic E-state index is 12.7. The van der Waals surface area contributed by atoms with Crippen molar-refractivity contribution in [3.63, 3.8) is 0 Å². The number of fused-ring (bicyclic) bond motifs is 1. The highest BCUT2D eigenvalue weighted by Gasteiger charge is 2.30. The van der Waals surface area contributed by atoms with Crippen LogP contribution in [0.1, 0.15) is 37.0 Å². The molecule has 0 bridgehead atoms. The van der Waals surface area contributed by atoms with E-state index < -0.39 is 0 Å². The van der Waals surface area contributed by atoms with E-state index in [4.69, 9.17) is 4.74 Å². The summed E-state index contributed by atoms with van der Waals surface area (Å²) in [5.74, 6) is 0.858. The highest BCUT2D eigenvalue weighted by Crippen LogP contribution is 2.30. The summed E-state index contributed by atoms with van der Waals surface area (Å²) in [5.41, 5.74) is 2.54. The number of benzene rings is 1. The minimum atomic E-state index is -0.0650. The number of likely N-dealkylation sites (tertiary alicyclic amines) is 1. The highest BCUT2D eigenvalue weighted by atomic mass is 16.5. The summed E-state index contributed by atoms with van der Waals surface area (Å²) >= 11 is 0. The summed E-state index contributed by atoms with van der Waals surface area (Å²) in [4.78, 5) is 17.0. The molecular weight excluding hydrogens is 288 g/mol. The fraction of sp³-hybridized carbons (Fsp3) is 0.632. The molecule has 0 radical (unpaired) electrons. The first-order valence-corrected chi connectivity index (χ1v) is 8.83. The molecule has 2 heterocycles. The normalized spacial score (nSPS) is 24.0. The number of nitrogens with zero attached hydrogens (tertiary/aromatic N) is 2. The van der Waals surface area contributed by atoms with Crippen molar-refractivity contribution in [2.24, 2.45) is 5.92 Å². The number of hydrogen-bond acceptors (Lipinski definition) is 3. The van der Waals surface area contributed by atoms with Gasteiger partial charge < -0.3 is 14.5 Å². The lowest BCUT2D eigenvalue weighted by atomic mass is 9.95. The molecule has 2 aliphatic rings. The Kier molecular flexibility index (Phi) is 5.34. The van der Waals surface area contributed by atoms with Gasteiger partial charge in [-0.25, -0.2) is 0 Å². The van der Waals surface area contributed by atoms with Gasteiger partial charge in [-0.3, -0.25) is 4.79 Å². The van der Waals surface area contributed by atoms with Crippen LogP contribution in [0.4, 0.5) is 0 Å². The summed E-state index contributed by atoms with van der Waals surface area (Å²) < 4.78 is 5.89. The molecule has 1 saturated heterocycles. The van der Waals surface area contributed by atoms with Gasteiger partial charge in [0, 0.05) is 19.6 Å². The molecule has 3 rings (SSSR count). The van der Waals surface area contributed by atoms with Crippen LogP contribution in [0.2, 0.25) is 0 Å². The van der Waals surface area contributed by atoms with Crippen molar-refractivity contribution in [2.45, 2.75) is 32.3 Å². The van der Waals surface area contributed by atoms with Gasteiger partial charge in [0.15, 0.2) is 0 Å². The summed E-state index contributed by atoms with van der Waals surface area (Å²) in [7, 11) is 2.15. The Morgan fingerprint density at radius 2 is 2.22 bits per heavy atom. The molecule has 0 spiro atoms. The van der Waals surface area contributed by atoms with E-state index in [1.54, 1.807) is 0 Å². The molecule has 0 aromatic heterocycles. The lowest BCUT2D eigenvalue weighted by Crippen LogP contribution is -2.33. The van der Waals surface area contributed by atoms with Crippen LogP contribution in [0.25, 0.3) is 0 Å². The second-order valence-corrected chi connectivity index (χ2v) is 6.86. The van der Waals surface area contributed by atoms with Gasteiger partial charge in [0.1, 0.15) is 0 Å². The fourth-order valence-electron chi connectivity index (χ4n) is 3.71. The Balaban J connectivity index is 1.56. The van der Waals surface area contributed by atoms with E-state index in [1.165, 1.54) is 11.1 Å². The van der Waals surface area contributed by atoms with Gasteiger partial charge in [-0.1, -0.05) is 31.2 Å². The molecule has 0 N–H and O–H groups in total. The fourth-order valence-corrected chi connectivity index (χ4v) is 3.71. The molecule has 1 fully saturated rings. The maximum atomic E-state index is 12.7. The molecule has 1 aromatic rings. The van der Waals surface area contributed by atoms with Crippen molar-refractivity contribution >= 4 is 5.91 Å². The number of carbonyl (C=O) groups excluding carboxylic acids is 1. The Hall–Kier alpha value is -1.39. The summed E-state index contributed by atoms with van der Waals surface area (Å²) in [6, 6.07) is 8.37. The van der Waals surface area contributed by atoms with E-state index in [9.17, 15) is 4.79 Å². The van der Waals surface area contributed by atoms with E-state index in [0.29, 0.717) is 12.3 Å². The van der Waals surface area contributed by atoms with E-state index in [2.05, 4.69) is 37.1 Å². The van der Waals surface area contributed by atoms with Crippen LogP contribution in [-0.4, -0.2) is 55.5 Å². The minimum Gasteiger partial charge on any atom is -0.373 e. The third-order valence-corrected chi connectivity index (χ3v) is 5.20. The SMILES string of the molecule is CCN(C)C[C@@H]1CCN(C(=O)C[C@@H]2OCCc3ccccc32)C1. The lowest BCUT2D eigenvalue weighted by molar-refractivity contribution is -0.133. The predicted molar refractivity (Wildman–Crippen MR) is 91.3 cm³/mol. The third-order valence-electron chi connectivity index (χ3n) is 5.20. The van der Waals surface area contributed by atoms with Crippen LogP contribution in [-0.2, 0) is 16.0 Å². The Labute approximate surface area is 139 Å². The van der Waals surface area contributed by atoms with E-state index in [1.807, 2.05) is 11.0 Å². The maximum Gasteiger partial charge on any atom is 0.225 e. The van der Waals surface area contributed by atoms with Gasteiger partial charge >= 0.3 is 0 Å². The van der Waals surface area contributed by atoms with Gasteiger partial charge in [0.05, 0.1) is 19.1 Å². The van der Waals surface area contributed by atoms with Crippen molar-refractivity contribution in [2.75, 3.05) is 39.8 Å². The quantitative estimate of drug-likeness (QED) is 0.837. The highest BCUT2D eigenvalue weighted by molar-refractivity contribution is 5.77. The number of amides is 1. The molecule has 126 valence electrons. The number of hydrogen-bond donors (Lipinski definition) is 0. The average molecular weight is 316 g/mol. The molecule has 0 aliphatic carbocycles. The molecule has 2 atom stereocenters. The summed E-state index contributed by atoms with van der Waals surface area (Å²) in [6.07, 6.45) is 2.49. The van der Waals surface area contributed by atoms with Crippen molar-refractivity contribution in [3.8, 4) is 0 Å². The summed E-state index contributed by atoms with van der Waals surface area (Å²) in [6.45, 7) is 6.85. The van der Waals surface area contributed by atoms with Gasteiger partial charge in [-0.15, -0.1) is 0 Å². The van der Waals surface area contributed by atoms with Gasteiger partial charge in [0.25, 0.3) is 0 Å². The molecular formula is C19H28N2O2. The molecule has 0 unspecified atom stereocenters. The van der Waals surface area contributed by atoms with E-state index in [0.717, 1.165) is 45.6 Å². The first kappa shape index (κ1) is 16.5.